The van der Waals surface area contributed by atoms with E-state index in [1.807, 2.05) is 0 Å². The molecule has 1 aromatic heterocycles. The maximum Gasteiger partial charge on any atom is 0.109 e. The Labute approximate surface area is 128 Å². The molecule has 1 N–H and O–H groups in total. The van der Waals surface area contributed by atoms with Crippen LogP contribution in [0.1, 0.15) is 56.0 Å². The van der Waals surface area contributed by atoms with Crippen molar-refractivity contribution in [1.29, 1.82) is 5.26 Å². The molecule has 1 aliphatic rings. The van der Waals surface area contributed by atoms with Crippen molar-refractivity contribution in [2.75, 3.05) is 6.54 Å². The topological polar surface area (TPSA) is 53.6 Å². The van der Waals surface area contributed by atoms with Gasteiger partial charge in [0, 0.05) is 12.2 Å². The van der Waals surface area contributed by atoms with Gasteiger partial charge in [-0.2, -0.15) is 10.4 Å². The zero-order valence-corrected chi connectivity index (χ0v) is 13.9. The summed E-state index contributed by atoms with van der Waals surface area (Å²) in [5.41, 5.74) is 3.36. The van der Waals surface area contributed by atoms with Crippen LogP contribution in [0.25, 0.3) is 0 Å². The van der Waals surface area contributed by atoms with Crippen molar-refractivity contribution in [3.05, 3.63) is 17.0 Å². The lowest BCUT2D eigenvalue weighted by atomic mass is 9.85. The van der Waals surface area contributed by atoms with Crippen LogP contribution in [0.2, 0.25) is 0 Å². The fourth-order valence-electron chi connectivity index (χ4n) is 3.52. The highest BCUT2D eigenvalue weighted by atomic mass is 15.3. The summed E-state index contributed by atoms with van der Waals surface area (Å²) in [4.78, 5) is 0. The maximum absolute atomic E-state index is 9.68. The molecule has 0 spiro atoms. The van der Waals surface area contributed by atoms with E-state index in [4.69, 9.17) is 0 Å². The first-order chi connectivity index (χ1) is 10.0. The van der Waals surface area contributed by atoms with Crippen LogP contribution in [0, 0.1) is 38.0 Å². The number of nitrogens with zero attached hydrogens (tertiary/aromatic N) is 3. The third-order valence-corrected chi connectivity index (χ3v) is 5.14. The minimum absolute atomic E-state index is 0.304. The molecule has 2 rings (SSSR count). The second-order valence-corrected chi connectivity index (χ2v) is 6.41. The fourth-order valence-corrected chi connectivity index (χ4v) is 3.52. The molecule has 1 fully saturated rings. The van der Waals surface area contributed by atoms with Crippen molar-refractivity contribution < 1.29 is 0 Å². The fraction of sp³-hybridized carbons (Fsp3) is 0.765. The third-order valence-electron chi connectivity index (χ3n) is 5.14. The first-order valence-corrected chi connectivity index (χ1v) is 8.21. The highest BCUT2D eigenvalue weighted by molar-refractivity contribution is 5.22. The van der Waals surface area contributed by atoms with E-state index in [0.29, 0.717) is 5.92 Å². The number of hydrogen-bond donors (Lipinski definition) is 1. The summed E-state index contributed by atoms with van der Waals surface area (Å²) in [6, 6.07) is 2.59. The largest absolute Gasteiger partial charge is 0.299 e. The van der Waals surface area contributed by atoms with E-state index in [1.165, 1.54) is 11.3 Å². The predicted molar refractivity (Wildman–Crippen MR) is 85.0 cm³/mol. The lowest BCUT2D eigenvalue weighted by Crippen LogP contribution is -2.47. The molecule has 2 atom stereocenters. The Hall–Kier alpha value is -1.34. The minimum atomic E-state index is -0.304. The highest BCUT2D eigenvalue weighted by Gasteiger charge is 2.42. The van der Waals surface area contributed by atoms with Gasteiger partial charge < -0.3 is 0 Å². The van der Waals surface area contributed by atoms with Gasteiger partial charge in [-0.3, -0.25) is 10.00 Å². The molecular formula is C17H28N4. The van der Waals surface area contributed by atoms with E-state index in [2.05, 4.69) is 48.9 Å². The van der Waals surface area contributed by atoms with Crippen molar-refractivity contribution in [2.45, 2.75) is 71.9 Å². The van der Waals surface area contributed by atoms with Crippen LogP contribution < -0.4 is 5.32 Å². The summed E-state index contributed by atoms with van der Waals surface area (Å²) < 4.78 is 2.12. The zero-order chi connectivity index (χ0) is 15.5. The van der Waals surface area contributed by atoms with Crippen LogP contribution in [0.15, 0.2) is 0 Å². The van der Waals surface area contributed by atoms with Crippen LogP contribution in [-0.2, 0) is 6.54 Å². The lowest BCUT2D eigenvalue weighted by molar-refractivity contribution is 0.286. The van der Waals surface area contributed by atoms with Crippen LogP contribution in [0.4, 0.5) is 0 Å². The maximum atomic E-state index is 9.68. The summed E-state index contributed by atoms with van der Waals surface area (Å²) in [5.74, 6) is 0.443. The van der Waals surface area contributed by atoms with Crippen molar-refractivity contribution >= 4 is 0 Å². The average molecular weight is 288 g/mol. The lowest BCUT2D eigenvalue weighted by Gasteiger charge is -2.30. The van der Waals surface area contributed by atoms with Gasteiger partial charge in [-0.1, -0.05) is 13.3 Å². The molecule has 116 valence electrons. The number of nitriles is 1. The first-order valence-electron chi connectivity index (χ1n) is 8.21. The Balaban J connectivity index is 2.04. The highest BCUT2D eigenvalue weighted by Crippen LogP contribution is 2.38. The second-order valence-electron chi connectivity index (χ2n) is 6.41. The monoisotopic (exact) mass is 288 g/mol. The number of hydrogen-bond acceptors (Lipinski definition) is 3. The molecule has 0 radical (unpaired) electrons. The van der Waals surface area contributed by atoms with Gasteiger partial charge in [-0.15, -0.1) is 0 Å². The van der Waals surface area contributed by atoms with Gasteiger partial charge in [-0.05, 0) is 64.5 Å². The van der Waals surface area contributed by atoms with Crippen molar-refractivity contribution in [3.63, 3.8) is 0 Å². The summed E-state index contributed by atoms with van der Waals surface area (Å²) >= 11 is 0. The molecule has 0 saturated heterocycles. The van der Waals surface area contributed by atoms with E-state index >= 15 is 0 Å². The third kappa shape index (κ3) is 3.13. The normalized spacial score (nSPS) is 25.2. The molecule has 1 heterocycles. The molecule has 4 nitrogen and oxygen atoms in total. The molecule has 0 aromatic carbocycles. The molecular weight excluding hydrogens is 260 g/mol. The molecule has 1 saturated carbocycles. The van der Waals surface area contributed by atoms with Crippen molar-refractivity contribution in [2.24, 2.45) is 5.92 Å². The Morgan fingerprint density at radius 1 is 1.43 bits per heavy atom. The van der Waals surface area contributed by atoms with Crippen molar-refractivity contribution in [1.82, 2.24) is 15.1 Å². The Kier molecular flexibility index (Phi) is 5.05. The van der Waals surface area contributed by atoms with E-state index in [-0.39, 0.29) is 5.54 Å². The number of aryl methyl sites for hydroxylation is 2. The van der Waals surface area contributed by atoms with E-state index in [1.54, 1.807) is 0 Å². The van der Waals surface area contributed by atoms with Gasteiger partial charge in [0.15, 0.2) is 0 Å². The molecule has 1 aliphatic carbocycles. The zero-order valence-electron chi connectivity index (χ0n) is 13.9. The Morgan fingerprint density at radius 2 is 2.19 bits per heavy atom. The average Bonchev–Trinajstić information content (AvgIpc) is 3.00. The number of rotatable bonds is 6. The molecule has 4 heteroatoms. The summed E-state index contributed by atoms with van der Waals surface area (Å²) in [7, 11) is 0. The van der Waals surface area contributed by atoms with E-state index < -0.39 is 0 Å². The van der Waals surface area contributed by atoms with Crippen molar-refractivity contribution in [3.8, 4) is 6.07 Å². The Bertz CT molecular complexity index is 526. The number of aromatic nitrogens is 2. The first kappa shape index (κ1) is 16.0. The van der Waals surface area contributed by atoms with E-state index in [9.17, 15) is 5.26 Å². The van der Waals surface area contributed by atoms with Crippen LogP contribution in [0.3, 0.4) is 0 Å². The summed E-state index contributed by atoms with van der Waals surface area (Å²) in [5, 5.41) is 17.8. The van der Waals surface area contributed by atoms with Gasteiger partial charge >= 0.3 is 0 Å². The SMILES string of the molecule is CCCNC1(C#N)CCCC1CCn1nc(C)c(C)c1C. The van der Waals surface area contributed by atoms with E-state index in [0.717, 1.165) is 50.9 Å². The van der Waals surface area contributed by atoms with Crippen LogP contribution >= 0.6 is 0 Å². The van der Waals surface area contributed by atoms with Gasteiger partial charge in [0.05, 0.1) is 11.8 Å². The molecule has 2 unspecified atom stereocenters. The smallest absolute Gasteiger partial charge is 0.109 e. The van der Waals surface area contributed by atoms with Gasteiger partial charge in [0.1, 0.15) is 5.54 Å². The Morgan fingerprint density at radius 3 is 2.76 bits per heavy atom. The van der Waals surface area contributed by atoms with Crippen LogP contribution in [-0.4, -0.2) is 21.9 Å². The molecule has 0 aliphatic heterocycles. The molecule has 0 amide bonds. The molecule has 1 aromatic rings. The standard InChI is InChI=1S/C17H28N4/c1-5-10-19-17(12-18)9-6-7-16(17)8-11-21-15(4)13(2)14(3)20-21/h16,19H,5-11H2,1-4H3. The second kappa shape index (κ2) is 6.62. The minimum Gasteiger partial charge on any atom is -0.299 e. The predicted octanol–water partition coefficient (Wildman–Crippen LogP) is 3.26. The molecule has 21 heavy (non-hydrogen) atoms. The van der Waals surface area contributed by atoms with Crippen LogP contribution in [0.5, 0.6) is 0 Å². The molecule has 0 bridgehead atoms. The van der Waals surface area contributed by atoms with Gasteiger partial charge in [0.25, 0.3) is 0 Å². The number of nitrogens with one attached hydrogen (secondary N) is 1. The van der Waals surface area contributed by atoms with Gasteiger partial charge in [0.2, 0.25) is 0 Å². The quantitative estimate of drug-likeness (QED) is 0.874. The summed E-state index contributed by atoms with van der Waals surface area (Å²) in [6.07, 6.45) is 5.41. The summed E-state index contributed by atoms with van der Waals surface area (Å²) in [6.45, 7) is 10.3. The van der Waals surface area contributed by atoms with Gasteiger partial charge in [-0.25, -0.2) is 0 Å².